The fraction of sp³-hybridized carbons (Fsp3) is 0.471. The normalized spacial score (nSPS) is 21.2. The average molecular weight is 343 g/mol. The second kappa shape index (κ2) is 6.49. The van der Waals surface area contributed by atoms with Crippen LogP contribution in [0.5, 0.6) is 0 Å². The van der Waals surface area contributed by atoms with Crippen LogP contribution < -0.4 is 5.32 Å². The van der Waals surface area contributed by atoms with Crippen LogP contribution in [0.4, 0.5) is 5.82 Å². The van der Waals surface area contributed by atoms with E-state index in [0.29, 0.717) is 0 Å². The molecule has 0 amide bonds. The Kier molecular flexibility index (Phi) is 4.20. The molecule has 126 valence electrons. The molecule has 0 saturated carbocycles. The number of hydrogen-bond donors (Lipinski definition) is 1. The summed E-state index contributed by atoms with van der Waals surface area (Å²) in [6, 6.07) is 2.34. The van der Waals surface area contributed by atoms with Crippen LogP contribution in [0.1, 0.15) is 36.3 Å². The van der Waals surface area contributed by atoms with Crippen molar-refractivity contribution in [3.05, 3.63) is 35.2 Å². The van der Waals surface area contributed by atoms with Crippen molar-refractivity contribution >= 4 is 27.4 Å². The van der Waals surface area contributed by atoms with Gasteiger partial charge in [0.2, 0.25) is 0 Å². The number of anilines is 1. The Morgan fingerprint density at radius 2 is 2.33 bits per heavy atom. The second-order valence-corrected chi connectivity index (χ2v) is 7.35. The van der Waals surface area contributed by atoms with Crippen molar-refractivity contribution in [3.63, 3.8) is 0 Å². The minimum atomic E-state index is 0.00352. The van der Waals surface area contributed by atoms with Crippen LogP contribution in [-0.2, 0) is 11.3 Å². The molecule has 24 heavy (non-hydrogen) atoms. The number of rotatable bonds is 4. The summed E-state index contributed by atoms with van der Waals surface area (Å²) in [6.45, 7) is 5.84. The number of ether oxygens (including phenoxy) is 1. The van der Waals surface area contributed by atoms with E-state index >= 15 is 0 Å². The standard InChI is InChI=1S/C17H21N5OS/c1-3-22-9-12(8-20-22)15-14(5-4-6-23-15)21-16-13-7-11(2)24-17(13)19-10-18-16/h7-10,14-15H,3-6H2,1-2H3,(H,18,19,21)/t14-,15+/m0/s1. The summed E-state index contributed by atoms with van der Waals surface area (Å²) in [5.41, 5.74) is 1.13. The van der Waals surface area contributed by atoms with Gasteiger partial charge in [0.15, 0.2) is 0 Å². The maximum Gasteiger partial charge on any atom is 0.138 e. The van der Waals surface area contributed by atoms with Crippen molar-refractivity contribution in [1.82, 2.24) is 19.7 Å². The number of nitrogens with zero attached hydrogens (tertiary/aromatic N) is 4. The minimum absolute atomic E-state index is 0.00352. The van der Waals surface area contributed by atoms with Crippen LogP contribution in [0.3, 0.4) is 0 Å². The Bertz CT molecular complexity index is 842. The van der Waals surface area contributed by atoms with Crippen molar-refractivity contribution in [3.8, 4) is 0 Å². The number of fused-ring (bicyclic) bond motifs is 1. The van der Waals surface area contributed by atoms with Gasteiger partial charge in [-0.15, -0.1) is 11.3 Å². The summed E-state index contributed by atoms with van der Waals surface area (Å²) in [6.07, 6.45) is 7.73. The maximum atomic E-state index is 6.07. The van der Waals surface area contributed by atoms with Gasteiger partial charge in [-0.05, 0) is 32.8 Å². The first-order valence-electron chi connectivity index (χ1n) is 8.36. The third kappa shape index (κ3) is 2.89. The molecule has 0 aliphatic carbocycles. The van der Waals surface area contributed by atoms with Crippen LogP contribution in [0, 0.1) is 6.92 Å². The zero-order valence-corrected chi connectivity index (χ0v) is 14.7. The van der Waals surface area contributed by atoms with Gasteiger partial charge in [0, 0.05) is 29.8 Å². The van der Waals surface area contributed by atoms with E-state index < -0.39 is 0 Å². The lowest BCUT2D eigenvalue weighted by atomic mass is 9.98. The quantitative estimate of drug-likeness (QED) is 0.785. The molecule has 3 aromatic heterocycles. The first-order chi connectivity index (χ1) is 11.7. The molecular formula is C17H21N5OS. The molecule has 2 atom stereocenters. The molecule has 1 saturated heterocycles. The highest BCUT2D eigenvalue weighted by Crippen LogP contribution is 2.33. The van der Waals surface area contributed by atoms with Crippen LogP contribution in [-0.4, -0.2) is 32.4 Å². The molecule has 0 radical (unpaired) electrons. The molecule has 4 heterocycles. The SMILES string of the molecule is CCn1cc([C@H]2OCCC[C@@H]2Nc2ncnc3sc(C)cc23)cn1. The van der Waals surface area contributed by atoms with Crippen molar-refractivity contribution in [2.24, 2.45) is 0 Å². The number of hydrogen-bond acceptors (Lipinski definition) is 6. The topological polar surface area (TPSA) is 64.9 Å². The molecule has 7 heteroatoms. The van der Waals surface area contributed by atoms with Crippen LogP contribution in [0.2, 0.25) is 0 Å². The lowest BCUT2D eigenvalue weighted by Crippen LogP contribution is -2.34. The number of aryl methyl sites for hydroxylation is 2. The molecule has 3 aromatic rings. The van der Waals surface area contributed by atoms with Gasteiger partial charge in [-0.3, -0.25) is 4.68 Å². The Labute approximate surface area is 144 Å². The molecule has 0 unspecified atom stereocenters. The van der Waals surface area contributed by atoms with E-state index in [4.69, 9.17) is 4.74 Å². The zero-order valence-electron chi connectivity index (χ0n) is 13.9. The van der Waals surface area contributed by atoms with Crippen LogP contribution in [0.25, 0.3) is 10.2 Å². The van der Waals surface area contributed by atoms with Crippen LogP contribution >= 0.6 is 11.3 Å². The lowest BCUT2D eigenvalue weighted by Gasteiger charge is -2.32. The van der Waals surface area contributed by atoms with Crippen molar-refractivity contribution in [1.29, 1.82) is 0 Å². The fourth-order valence-electron chi connectivity index (χ4n) is 3.22. The third-order valence-electron chi connectivity index (χ3n) is 4.40. The van der Waals surface area contributed by atoms with E-state index in [1.807, 2.05) is 10.9 Å². The highest BCUT2D eigenvalue weighted by atomic mass is 32.1. The molecule has 6 nitrogen and oxygen atoms in total. The summed E-state index contributed by atoms with van der Waals surface area (Å²) in [7, 11) is 0. The van der Waals surface area contributed by atoms with Crippen molar-refractivity contribution in [2.45, 2.75) is 45.4 Å². The monoisotopic (exact) mass is 343 g/mol. The Morgan fingerprint density at radius 1 is 1.42 bits per heavy atom. The summed E-state index contributed by atoms with van der Waals surface area (Å²) in [5, 5.41) is 9.09. The summed E-state index contributed by atoms with van der Waals surface area (Å²) in [5.74, 6) is 0.896. The van der Waals surface area contributed by atoms with E-state index in [2.05, 4.69) is 46.5 Å². The first kappa shape index (κ1) is 15.5. The molecule has 0 spiro atoms. The summed E-state index contributed by atoms with van der Waals surface area (Å²) >= 11 is 1.70. The van der Waals surface area contributed by atoms with Gasteiger partial charge in [0.05, 0.1) is 17.6 Å². The molecule has 0 aromatic carbocycles. The van der Waals surface area contributed by atoms with Gasteiger partial charge in [-0.1, -0.05) is 0 Å². The summed E-state index contributed by atoms with van der Waals surface area (Å²) in [4.78, 5) is 11.1. The Balaban J connectivity index is 1.63. The van der Waals surface area contributed by atoms with E-state index in [-0.39, 0.29) is 12.1 Å². The number of thiophene rings is 1. The Hall–Kier alpha value is -1.99. The summed E-state index contributed by atoms with van der Waals surface area (Å²) < 4.78 is 8.01. The predicted molar refractivity (Wildman–Crippen MR) is 95.4 cm³/mol. The minimum Gasteiger partial charge on any atom is -0.371 e. The van der Waals surface area contributed by atoms with Gasteiger partial charge < -0.3 is 10.1 Å². The number of aromatic nitrogens is 4. The number of nitrogens with one attached hydrogen (secondary N) is 1. The van der Waals surface area contributed by atoms with Gasteiger partial charge in [0.25, 0.3) is 0 Å². The van der Waals surface area contributed by atoms with Gasteiger partial charge in [-0.25, -0.2) is 9.97 Å². The van der Waals surface area contributed by atoms with E-state index in [0.717, 1.165) is 47.6 Å². The highest BCUT2D eigenvalue weighted by Gasteiger charge is 2.29. The van der Waals surface area contributed by atoms with Crippen molar-refractivity contribution < 1.29 is 4.74 Å². The van der Waals surface area contributed by atoms with E-state index in [9.17, 15) is 0 Å². The van der Waals surface area contributed by atoms with Gasteiger partial charge >= 0.3 is 0 Å². The molecule has 1 aliphatic heterocycles. The second-order valence-electron chi connectivity index (χ2n) is 6.11. The molecule has 0 bridgehead atoms. The molecule has 1 aliphatic rings. The first-order valence-corrected chi connectivity index (χ1v) is 9.18. The van der Waals surface area contributed by atoms with Gasteiger partial charge in [-0.2, -0.15) is 5.10 Å². The van der Waals surface area contributed by atoms with E-state index in [1.54, 1.807) is 17.7 Å². The van der Waals surface area contributed by atoms with Crippen LogP contribution in [0.15, 0.2) is 24.8 Å². The lowest BCUT2D eigenvalue weighted by molar-refractivity contribution is 0.00554. The largest absolute Gasteiger partial charge is 0.371 e. The predicted octanol–water partition coefficient (Wildman–Crippen LogP) is 3.55. The molecular weight excluding hydrogens is 322 g/mol. The third-order valence-corrected chi connectivity index (χ3v) is 5.36. The average Bonchev–Trinajstić information content (AvgIpc) is 3.21. The highest BCUT2D eigenvalue weighted by molar-refractivity contribution is 7.18. The molecule has 1 fully saturated rings. The maximum absolute atomic E-state index is 6.07. The molecule has 4 rings (SSSR count). The smallest absolute Gasteiger partial charge is 0.138 e. The Morgan fingerprint density at radius 3 is 3.17 bits per heavy atom. The zero-order chi connectivity index (χ0) is 16.5. The van der Waals surface area contributed by atoms with E-state index in [1.165, 1.54) is 4.88 Å². The van der Waals surface area contributed by atoms with Crippen molar-refractivity contribution in [2.75, 3.05) is 11.9 Å². The fourth-order valence-corrected chi connectivity index (χ4v) is 4.07. The van der Waals surface area contributed by atoms with Gasteiger partial charge in [0.1, 0.15) is 23.1 Å². The molecule has 1 N–H and O–H groups in total.